The van der Waals surface area contributed by atoms with Crippen molar-refractivity contribution in [3.63, 3.8) is 0 Å². The van der Waals surface area contributed by atoms with Gasteiger partial charge < -0.3 is 30.1 Å². The van der Waals surface area contributed by atoms with E-state index in [0.717, 1.165) is 5.56 Å². The first-order valence-electron chi connectivity index (χ1n) is 13.0. The van der Waals surface area contributed by atoms with Crippen LogP contribution in [0.15, 0.2) is 72.8 Å². The number of likely N-dealkylation sites (tertiary alicyclic amines) is 1. The molecule has 0 saturated carbocycles. The first-order chi connectivity index (χ1) is 19.4. The number of ether oxygens (including phenoxy) is 2. The summed E-state index contributed by atoms with van der Waals surface area (Å²) in [7, 11) is 0. The minimum Gasteiger partial charge on any atom is -0.478 e. The Morgan fingerprint density at radius 3 is 2.52 bits per heavy atom. The molecule has 3 N–H and O–H groups in total. The highest BCUT2D eigenvalue weighted by Gasteiger charge is 2.37. The summed E-state index contributed by atoms with van der Waals surface area (Å²) >= 11 is 0. The molecule has 1 fully saturated rings. The standard InChI is InChI=1S/C30H29N3O7/c34-27-10-5-11-31-28(35)21-13-22(30(37)38)15-24(14-21)40-23-9-4-6-19(12-23)18-39-26-17-33(16-25(26)32-27)29(36)20-7-2-1-3-8-20/h1-4,6-9,12-15,25-26H,5,10-11,16-18H2,(H,31,35)(H,32,34)(H,37,38)/t25-,26-/m0/s1. The first-order valence-corrected chi connectivity index (χ1v) is 13.0. The summed E-state index contributed by atoms with van der Waals surface area (Å²) in [5.74, 6) is -1.37. The number of hydrogen-bond donors (Lipinski definition) is 3. The van der Waals surface area contributed by atoms with E-state index in [4.69, 9.17) is 9.47 Å². The van der Waals surface area contributed by atoms with Gasteiger partial charge in [0.2, 0.25) is 5.91 Å². The second kappa shape index (κ2) is 12.0. The summed E-state index contributed by atoms with van der Waals surface area (Å²) in [6.45, 7) is 1.04. The van der Waals surface area contributed by atoms with Gasteiger partial charge in [-0.25, -0.2) is 4.79 Å². The molecule has 2 heterocycles. The van der Waals surface area contributed by atoms with Gasteiger partial charge in [0.1, 0.15) is 11.5 Å². The Morgan fingerprint density at radius 1 is 0.900 bits per heavy atom. The molecule has 206 valence electrons. The van der Waals surface area contributed by atoms with Crippen molar-refractivity contribution in [1.82, 2.24) is 15.5 Å². The van der Waals surface area contributed by atoms with Crippen molar-refractivity contribution in [2.24, 2.45) is 0 Å². The Hall–Kier alpha value is -4.70. The zero-order chi connectivity index (χ0) is 28.1. The number of carboxylic acids is 1. The molecule has 2 aliphatic rings. The third kappa shape index (κ3) is 6.47. The maximum absolute atomic E-state index is 13.1. The monoisotopic (exact) mass is 543 g/mol. The molecule has 3 amide bonds. The summed E-state index contributed by atoms with van der Waals surface area (Å²) in [6, 6.07) is 19.8. The normalized spacial score (nSPS) is 19.8. The van der Waals surface area contributed by atoms with Crippen LogP contribution in [0.3, 0.4) is 0 Å². The Balaban J connectivity index is 1.39. The highest BCUT2D eigenvalue weighted by atomic mass is 16.5. The van der Waals surface area contributed by atoms with Crippen molar-refractivity contribution < 1.29 is 33.8 Å². The van der Waals surface area contributed by atoms with Crippen LogP contribution in [-0.2, 0) is 16.1 Å². The van der Waals surface area contributed by atoms with Gasteiger partial charge in [0.25, 0.3) is 11.8 Å². The molecule has 40 heavy (non-hydrogen) atoms. The number of nitrogens with one attached hydrogen (secondary N) is 2. The van der Waals surface area contributed by atoms with E-state index in [0.29, 0.717) is 30.8 Å². The van der Waals surface area contributed by atoms with Crippen LogP contribution in [0.5, 0.6) is 11.5 Å². The summed E-state index contributed by atoms with van der Waals surface area (Å²) in [5.41, 5.74) is 1.40. The third-order valence-corrected chi connectivity index (χ3v) is 6.80. The predicted molar refractivity (Wildman–Crippen MR) is 144 cm³/mol. The van der Waals surface area contributed by atoms with Gasteiger partial charge >= 0.3 is 5.97 Å². The quantitative estimate of drug-likeness (QED) is 0.452. The minimum absolute atomic E-state index is 0.0854. The topological polar surface area (TPSA) is 134 Å². The zero-order valence-electron chi connectivity index (χ0n) is 21.7. The summed E-state index contributed by atoms with van der Waals surface area (Å²) in [5, 5.41) is 15.3. The molecular weight excluding hydrogens is 514 g/mol. The van der Waals surface area contributed by atoms with Gasteiger partial charge in [0.05, 0.1) is 24.3 Å². The average Bonchev–Trinajstić information content (AvgIpc) is 3.36. The fourth-order valence-electron chi connectivity index (χ4n) is 4.79. The largest absolute Gasteiger partial charge is 0.478 e. The van der Waals surface area contributed by atoms with Crippen molar-refractivity contribution in [3.05, 3.63) is 95.1 Å². The Bertz CT molecular complexity index is 1430. The lowest BCUT2D eigenvalue weighted by Crippen LogP contribution is -2.44. The van der Waals surface area contributed by atoms with E-state index in [-0.39, 0.29) is 48.3 Å². The highest BCUT2D eigenvalue weighted by molar-refractivity contribution is 5.98. The van der Waals surface area contributed by atoms with Gasteiger partial charge in [-0.2, -0.15) is 0 Å². The summed E-state index contributed by atoms with van der Waals surface area (Å²) < 4.78 is 12.2. The molecule has 0 spiro atoms. The molecule has 4 bridgehead atoms. The maximum Gasteiger partial charge on any atom is 0.335 e. The molecule has 10 nitrogen and oxygen atoms in total. The smallest absolute Gasteiger partial charge is 0.335 e. The van der Waals surface area contributed by atoms with E-state index in [1.165, 1.54) is 18.2 Å². The number of hydrogen-bond acceptors (Lipinski definition) is 6. The van der Waals surface area contributed by atoms with E-state index < -0.39 is 24.0 Å². The van der Waals surface area contributed by atoms with Gasteiger partial charge in [0, 0.05) is 37.2 Å². The maximum atomic E-state index is 13.1. The fraction of sp³-hybridized carbons (Fsp3) is 0.267. The minimum atomic E-state index is -1.19. The molecule has 10 heteroatoms. The SMILES string of the molecule is O=C1CCCNC(=O)c2cc(cc(C(=O)O)c2)Oc2cccc(c2)CO[C@H]2CN(C(=O)c3ccccc3)C[C@@H]2N1. The third-order valence-electron chi connectivity index (χ3n) is 6.80. The number of nitrogens with zero attached hydrogens (tertiary/aromatic N) is 1. The molecule has 0 aliphatic carbocycles. The summed E-state index contributed by atoms with van der Waals surface area (Å²) in [6.07, 6.45) is 0.0890. The molecule has 5 rings (SSSR count). The second-order valence-electron chi connectivity index (χ2n) is 9.76. The van der Waals surface area contributed by atoms with E-state index >= 15 is 0 Å². The molecule has 0 aromatic heterocycles. The number of carbonyl (C=O) groups is 4. The van der Waals surface area contributed by atoms with Crippen LogP contribution in [0.2, 0.25) is 0 Å². The van der Waals surface area contributed by atoms with Crippen LogP contribution in [0.1, 0.15) is 49.5 Å². The van der Waals surface area contributed by atoms with Crippen molar-refractivity contribution in [3.8, 4) is 11.5 Å². The van der Waals surface area contributed by atoms with Crippen LogP contribution < -0.4 is 15.4 Å². The van der Waals surface area contributed by atoms with Gasteiger partial charge in [-0.1, -0.05) is 30.3 Å². The van der Waals surface area contributed by atoms with Crippen LogP contribution in [0.4, 0.5) is 0 Å². The number of carboxylic acid groups (broad SMARTS) is 1. The molecular formula is C30H29N3O7. The van der Waals surface area contributed by atoms with Crippen molar-refractivity contribution in [2.75, 3.05) is 19.6 Å². The van der Waals surface area contributed by atoms with E-state index in [2.05, 4.69) is 10.6 Å². The molecule has 3 aromatic carbocycles. The van der Waals surface area contributed by atoms with Crippen LogP contribution in [-0.4, -0.2) is 65.5 Å². The van der Waals surface area contributed by atoms with E-state index in [1.807, 2.05) is 12.1 Å². The number of carbonyl (C=O) groups excluding carboxylic acids is 3. The zero-order valence-corrected chi connectivity index (χ0v) is 21.7. The first kappa shape index (κ1) is 26.9. The molecule has 0 radical (unpaired) electrons. The van der Waals surface area contributed by atoms with Crippen LogP contribution in [0, 0.1) is 0 Å². The van der Waals surface area contributed by atoms with Gasteiger partial charge in [-0.05, 0) is 54.4 Å². The lowest BCUT2D eigenvalue weighted by molar-refractivity contribution is -0.122. The van der Waals surface area contributed by atoms with E-state index in [1.54, 1.807) is 47.4 Å². The van der Waals surface area contributed by atoms with Crippen molar-refractivity contribution in [1.29, 1.82) is 0 Å². The van der Waals surface area contributed by atoms with E-state index in [9.17, 15) is 24.3 Å². The number of aromatic carboxylic acids is 1. The molecule has 0 unspecified atom stereocenters. The number of amides is 3. The van der Waals surface area contributed by atoms with Crippen molar-refractivity contribution >= 4 is 23.7 Å². The highest BCUT2D eigenvalue weighted by Crippen LogP contribution is 2.26. The Kier molecular flexibility index (Phi) is 8.07. The molecule has 3 aromatic rings. The number of fused-ring (bicyclic) bond motifs is 5. The number of rotatable bonds is 2. The second-order valence-corrected chi connectivity index (χ2v) is 9.76. The lowest BCUT2D eigenvalue weighted by atomic mass is 10.1. The van der Waals surface area contributed by atoms with Gasteiger partial charge in [-0.3, -0.25) is 14.4 Å². The Morgan fingerprint density at radius 2 is 1.73 bits per heavy atom. The van der Waals surface area contributed by atoms with Gasteiger partial charge in [0.15, 0.2) is 0 Å². The molecule has 2 atom stereocenters. The fourth-order valence-corrected chi connectivity index (χ4v) is 4.79. The summed E-state index contributed by atoms with van der Waals surface area (Å²) in [4.78, 5) is 52.0. The van der Waals surface area contributed by atoms with Crippen LogP contribution in [0.25, 0.3) is 0 Å². The average molecular weight is 544 g/mol. The Labute approximate surface area is 230 Å². The predicted octanol–water partition coefficient (Wildman–Crippen LogP) is 3.23. The van der Waals surface area contributed by atoms with Gasteiger partial charge in [-0.15, -0.1) is 0 Å². The van der Waals surface area contributed by atoms with Crippen molar-refractivity contribution in [2.45, 2.75) is 31.6 Å². The van der Waals surface area contributed by atoms with Crippen LogP contribution >= 0.6 is 0 Å². The lowest BCUT2D eigenvalue weighted by Gasteiger charge is -2.20. The molecule has 2 aliphatic heterocycles. The number of benzene rings is 3. The molecule has 1 saturated heterocycles.